The van der Waals surface area contributed by atoms with Crippen molar-refractivity contribution in [3.8, 4) is 0 Å². The molecule has 2 fully saturated rings. The van der Waals surface area contributed by atoms with Gasteiger partial charge >= 0.3 is 0 Å². The van der Waals surface area contributed by atoms with Crippen LogP contribution in [-0.2, 0) is 14.3 Å². The first-order chi connectivity index (χ1) is 12.0. The molecule has 1 aromatic rings. The molecular formula is C16H20ClN3O5. The first kappa shape index (κ1) is 18.1. The van der Waals surface area contributed by atoms with Crippen molar-refractivity contribution in [1.29, 1.82) is 0 Å². The van der Waals surface area contributed by atoms with Gasteiger partial charge in [-0.05, 0) is 31.5 Å². The topological polar surface area (TPSA) is 93.9 Å². The van der Waals surface area contributed by atoms with Gasteiger partial charge in [-0.3, -0.25) is 19.8 Å². The highest BCUT2D eigenvalue weighted by atomic mass is 35.5. The van der Waals surface area contributed by atoms with Crippen molar-refractivity contribution in [2.24, 2.45) is 0 Å². The van der Waals surface area contributed by atoms with Crippen LogP contribution in [0.5, 0.6) is 0 Å². The molecule has 2 aliphatic rings. The number of hydrogen-bond acceptors (Lipinski definition) is 6. The largest absolute Gasteiger partial charge is 0.349 e. The van der Waals surface area contributed by atoms with Crippen LogP contribution in [0, 0.1) is 10.1 Å². The zero-order chi connectivity index (χ0) is 17.8. The molecule has 8 nitrogen and oxygen atoms in total. The van der Waals surface area contributed by atoms with E-state index in [1.165, 1.54) is 12.1 Å². The van der Waals surface area contributed by atoms with Crippen molar-refractivity contribution in [2.75, 3.05) is 31.6 Å². The summed E-state index contributed by atoms with van der Waals surface area (Å²) in [7, 11) is 0. The van der Waals surface area contributed by atoms with Gasteiger partial charge in [-0.25, -0.2) is 0 Å². The monoisotopic (exact) mass is 369 g/mol. The van der Waals surface area contributed by atoms with Crippen LogP contribution in [0.2, 0.25) is 5.02 Å². The van der Waals surface area contributed by atoms with E-state index in [0.717, 1.165) is 25.8 Å². The fraction of sp³-hybridized carbons (Fsp3) is 0.562. The fourth-order valence-corrected chi connectivity index (χ4v) is 3.42. The minimum absolute atomic E-state index is 0.0367. The Labute approximate surface area is 150 Å². The maximum atomic E-state index is 12.4. The number of nitro benzene ring substituents is 1. The van der Waals surface area contributed by atoms with Crippen molar-refractivity contribution in [3.05, 3.63) is 33.3 Å². The maximum absolute atomic E-state index is 12.4. The Hall–Kier alpha value is -1.74. The Morgan fingerprint density at radius 3 is 2.84 bits per heavy atom. The summed E-state index contributed by atoms with van der Waals surface area (Å²) in [6.07, 6.45) is 2.73. The average Bonchev–Trinajstić information content (AvgIpc) is 3.11. The number of carbonyl (C=O) groups excluding carboxylic acids is 1. The van der Waals surface area contributed by atoms with E-state index in [4.69, 9.17) is 21.1 Å². The molecule has 2 heterocycles. The molecule has 1 N–H and O–H groups in total. The van der Waals surface area contributed by atoms with E-state index in [-0.39, 0.29) is 35.5 Å². The van der Waals surface area contributed by atoms with Crippen LogP contribution in [0.3, 0.4) is 0 Å². The lowest BCUT2D eigenvalue weighted by molar-refractivity contribution is -0.384. The Morgan fingerprint density at radius 2 is 2.12 bits per heavy atom. The molecule has 1 atom stereocenters. The van der Waals surface area contributed by atoms with E-state index in [0.29, 0.717) is 18.9 Å². The molecule has 0 spiro atoms. The van der Waals surface area contributed by atoms with Crippen LogP contribution in [-0.4, -0.2) is 54.4 Å². The highest BCUT2D eigenvalue weighted by Gasteiger charge is 2.34. The third-order valence-electron chi connectivity index (χ3n) is 4.40. The summed E-state index contributed by atoms with van der Waals surface area (Å²) in [5.74, 6) is -0.235. The molecular weight excluding hydrogens is 350 g/mol. The third-order valence-corrected chi connectivity index (χ3v) is 4.72. The lowest BCUT2D eigenvalue weighted by Crippen LogP contribution is -2.50. The molecule has 0 radical (unpaired) electrons. The van der Waals surface area contributed by atoms with Crippen molar-refractivity contribution in [2.45, 2.75) is 31.6 Å². The van der Waals surface area contributed by atoms with Gasteiger partial charge in [-0.2, -0.15) is 0 Å². The smallest absolute Gasteiger partial charge is 0.289 e. The minimum atomic E-state index is -0.576. The number of likely N-dealkylation sites (tertiary alicyclic amines) is 1. The molecule has 0 saturated carbocycles. The van der Waals surface area contributed by atoms with E-state index < -0.39 is 4.92 Å². The molecule has 0 bridgehead atoms. The molecule has 9 heteroatoms. The number of amides is 1. The molecule has 1 amide bonds. The van der Waals surface area contributed by atoms with Crippen LogP contribution in [0.15, 0.2) is 18.2 Å². The van der Waals surface area contributed by atoms with Crippen molar-refractivity contribution in [3.63, 3.8) is 0 Å². The standard InChI is InChI=1S/C16H20ClN3O5/c17-12-5-4-11(9-14(12)20(22)23)18-15(21)10-19-6-2-1-3-13(19)16-24-7-8-25-16/h4-5,9,13,16H,1-3,6-8,10H2,(H,18,21). The summed E-state index contributed by atoms with van der Waals surface area (Å²) < 4.78 is 11.2. The second-order valence-electron chi connectivity index (χ2n) is 6.12. The zero-order valence-electron chi connectivity index (χ0n) is 13.7. The number of halogens is 1. The van der Waals surface area contributed by atoms with Crippen LogP contribution in [0.25, 0.3) is 0 Å². The Bertz CT molecular complexity index is 651. The molecule has 3 rings (SSSR count). The minimum Gasteiger partial charge on any atom is -0.349 e. The number of rotatable bonds is 5. The summed E-state index contributed by atoms with van der Waals surface area (Å²) in [5, 5.41) is 13.7. The summed E-state index contributed by atoms with van der Waals surface area (Å²) >= 11 is 5.78. The van der Waals surface area contributed by atoms with Crippen molar-refractivity contribution >= 4 is 28.9 Å². The Morgan fingerprint density at radius 1 is 1.36 bits per heavy atom. The lowest BCUT2D eigenvalue weighted by Gasteiger charge is -2.37. The van der Waals surface area contributed by atoms with E-state index in [2.05, 4.69) is 10.2 Å². The van der Waals surface area contributed by atoms with Gasteiger partial charge < -0.3 is 14.8 Å². The summed E-state index contributed by atoms with van der Waals surface area (Å²) in [4.78, 5) is 24.8. The highest BCUT2D eigenvalue weighted by molar-refractivity contribution is 6.32. The number of benzene rings is 1. The molecule has 25 heavy (non-hydrogen) atoms. The van der Waals surface area contributed by atoms with Crippen molar-refractivity contribution < 1.29 is 19.2 Å². The first-order valence-corrected chi connectivity index (χ1v) is 8.63. The van der Waals surface area contributed by atoms with Crippen molar-refractivity contribution in [1.82, 2.24) is 4.90 Å². The summed E-state index contributed by atoms with van der Waals surface area (Å²) in [6, 6.07) is 4.27. The predicted molar refractivity (Wildman–Crippen MR) is 91.6 cm³/mol. The highest BCUT2D eigenvalue weighted by Crippen LogP contribution is 2.28. The van der Waals surface area contributed by atoms with E-state index in [1.807, 2.05) is 0 Å². The average molecular weight is 370 g/mol. The number of piperidine rings is 1. The van der Waals surface area contributed by atoms with Gasteiger partial charge in [0, 0.05) is 11.8 Å². The number of hydrogen-bond donors (Lipinski definition) is 1. The third kappa shape index (κ3) is 4.46. The summed E-state index contributed by atoms with van der Waals surface area (Å²) in [6.45, 7) is 2.14. The molecule has 1 aromatic carbocycles. The lowest BCUT2D eigenvalue weighted by atomic mass is 10.0. The number of ether oxygens (including phenoxy) is 2. The van der Waals surface area contributed by atoms with Gasteiger partial charge in [-0.1, -0.05) is 18.0 Å². The molecule has 0 aliphatic carbocycles. The summed E-state index contributed by atoms with van der Waals surface area (Å²) in [5.41, 5.74) is 0.117. The second-order valence-corrected chi connectivity index (χ2v) is 6.52. The van der Waals surface area contributed by atoms with E-state index in [9.17, 15) is 14.9 Å². The second kappa shape index (κ2) is 8.09. The molecule has 1 unspecified atom stereocenters. The zero-order valence-corrected chi connectivity index (χ0v) is 14.4. The fourth-order valence-electron chi connectivity index (χ4n) is 3.24. The van der Waals surface area contributed by atoms with Gasteiger partial charge in [0.15, 0.2) is 6.29 Å². The number of nitrogens with zero attached hydrogens (tertiary/aromatic N) is 2. The quantitative estimate of drug-likeness (QED) is 0.632. The maximum Gasteiger partial charge on any atom is 0.289 e. The number of anilines is 1. The van der Waals surface area contributed by atoms with Gasteiger partial charge in [0.2, 0.25) is 5.91 Å². The molecule has 136 valence electrons. The Balaban J connectivity index is 1.63. The van der Waals surface area contributed by atoms with E-state index >= 15 is 0 Å². The van der Waals surface area contributed by atoms with Crippen LogP contribution < -0.4 is 5.32 Å². The van der Waals surface area contributed by atoms with Gasteiger partial charge in [0.1, 0.15) is 5.02 Å². The van der Waals surface area contributed by atoms with Crippen LogP contribution >= 0.6 is 11.6 Å². The van der Waals surface area contributed by atoms with Crippen LogP contribution in [0.4, 0.5) is 11.4 Å². The molecule has 2 aliphatic heterocycles. The first-order valence-electron chi connectivity index (χ1n) is 8.25. The SMILES string of the molecule is O=C(CN1CCCCC1C1OCCO1)Nc1ccc(Cl)c([N+](=O)[O-])c1. The van der Waals surface area contributed by atoms with Gasteiger partial charge in [0.25, 0.3) is 5.69 Å². The number of carbonyl (C=O) groups is 1. The van der Waals surface area contributed by atoms with Gasteiger partial charge in [-0.15, -0.1) is 0 Å². The molecule has 0 aromatic heterocycles. The normalized spacial score (nSPS) is 22.0. The van der Waals surface area contributed by atoms with Gasteiger partial charge in [0.05, 0.1) is 30.7 Å². The number of nitro groups is 1. The predicted octanol–water partition coefficient (Wildman–Crippen LogP) is 2.41. The molecule has 2 saturated heterocycles. The van der Waals surface area contributed by atoms with E-state index in [1.54, 1.807) is 6.07 Å². The number of nitrogens with one attached hydrogen (secondary N) is 1. The Kier molecular flexibility index (Phi) is 5.85. The van der Waals surface area contributed by atoms with Crippen LogP contribution in [0.1, 0.15) is 19.3 Å².